The SMILES string of the molecule is C=CCCCCCCCCN(C)CCCCCC(=C)Nc1nc2c(c(C)c1N=C(C)CCC)C=CCC2. The Balaban J connectivity index is 1.74. The molecule has 1 aliphatic rings. The van der Waals surface area contributed by atoms with Gasteiger partial charge in [-0.05, 0) is 97.3 Å². The molecule has 0 aliphatic heterocycles. The van der Waals surface area contributed by atoms with E-state index in [1.807, 2.05) is 6.08 Å². The summed E-state index contributed by atoms with van der Waals surface area (Å²) in [5, 5.41) is 3.55. The lowest BCUT2D eigenvalue weighted by Gasteiger charge is -2.20. The first kappa shape index (κ1) is 31.0. The first-order chi connectivity index (χ1) is 18.0. The van der Waals surface area contributed by atoms with Gasteiger partial charge in [0.05, 0.1) is 5.69 Å². The molecule has 0 fully saturated rings. The monoisotopic (exact) mass is 506 g/mol. The van der Waals surface area contributed by atoms with E-state index in [4.69, 9.17) is 9.98 Å². The molecule has 4 heteroatoms. The number of pyridine rings is 1. The highest BCUT2D eigenvalue weighted by Crippen LogP contribution is 2.35. The molecule has 1 heterocycles. The summed E-state index contributed by atoms with van der Waals surface area (Å²) in [6.45, 7) is 17.1. The summed E-state index contributed by atoms with van der Waals surface area (Å²) in [6, 6.07) is 0. The number of aromatic nitrogens is 1. The third-order valence-corrected chi connectivity index (χ3v) is 7.30. The summed E-state index contributed by atoms with van der Waals surface area (Å²) >= 11 is 0. The number of nitrogens with zero attached hydrogens (tertiary/aromatic N) is 3. The van der Waals surface area contributed by atoms with Gasteiger partial charge in [-0.15, -0.1) is 6.58 Å². The second kappa shape index (κ2) is 18.1. The van der Waals surface area contributed by atoms with Gasteiger partial charge in [-0.2, -0.15) is 0 Å². The highest BCUT2D eigenvalue weighted by Gasteiger charge is 2.17. The molecule has 0 saturated carbocycles. The minimum Gasteiger partial charge on any atom is -0.343 e. The number of rotatable bonds is 20. The Morgan fingerprint density at radius 3 is 2.43 bits per heavy atom. The predicted molar refractivity (Wildman–Crippen MR) is 165 cm³/mol. The average molecular weight is 507 g/mol. The van der Waals surface area contributed by atoms with E-state index in [2.05, 4.69) is 63.3 Å². The Morgan fingerprint density at radius 1 is 1.05 bits per heavy atom. The molecule has 0 unspecified atom stereocenters. The van der Waals surface area contributed by atoms with Crippen LogP contribution in [0.3, 0.4) is 0 Å². The number of aliphatic imine (C=N–C) groups is 1. The number of unbranched alkanes of at least 4 members (excludes halogenated alkanes) is 8. The van der Waals surface area contributed by atoms with Crippen molar-refractivity contribution in [1.29, 1.82) is 0 Å². The second-order valence-corrected chi connectivity index (χ2v) is 10.9. The first-order valence-electron chi connectivity index (χ1n) is 14.9. The summed E-state index contributed by atoms with van der Waals surface area (Å²) in [5.41, 5.74) is 6.84. The number of anilines is 1. The molecule has 1 aliphatic carbocycles. The lowest BCUT2D eigenvalue weighted by Crippen LogP contribution is -2.20. The van der Waals surface area contributed by atoms with Gasteiger partial charge in [-0.3, -0.25) is 4.99 Å². The molecule has 206 valence electrons. The minimum atomic E-state index is 0.882. The Labute approximate surface area is 228 Å². The molecule has 1 N–H and O–H groups in total. The Morgan fingerprint density at radius 2 is 1.73 bits per heavy atom. The molecule has 2 rings (SSSR count). The first-order valence-corrected chi connectivity index (χ1v) is 14.9. The standard InChI is InChI=1S/C33H54N4/c1-7-9-10-11-12-13-14-19-25-37(6)26-20-15-16-22-28(4)35-33-32(34-27(3)21-8-2)29(5)30-23-17-18-24-31(30)36-33/h7,17,23H,1,4,8-16,18-22,24-26H2,2-3,5-6H3,(H,35,36). The van der Waals surface area contributed by atoms with Crippen LogP contribution in [0.25, 0.3) is 6.08 Å². The van der Waals surface area contributed by atoms with Crippen molar-refractivity contribution in [3.05, 3.63) is 47.8 Å². The van der Waals surface area contributed by atoms with Crippen LogP contribution in [0.5, 0.6) is 0 Å². The van der Waals surface area contributed by atoms with Crippen molar-refractivity contribution in [2.75, 3.05) is 25.5 Å². The van der Waals surface area contributed by atoms with E-state index in [1.165, 1.54) is 87.7 Å². The van der Waals surface area contributed by atoms with Gasteiger partial charge in [0.1, 0.15) is 5.69 Å². The van der Waals surface area contributed by atoms with Crippen LogP contribution in [0.15, 0.2) is 36.0 Å². The fraction of sp³-hybridized carbons (Fsp3) is 0.636. The topological polar surface area (TPSA) is 40.5 Å². The molecule has 0 aromatic carbocycles. The summed E-state index contributed by atoms with van der Waals surface area (Å²) in [7, 11) is 2.27. The number of nitrogens with one attached hydrogen (secondary N) is 1. The molecule has 0 spiro atoms. The van der Waals surface area contributed by atoms with Crippen LogP contribution in [0, 0.1) is 6.92 Å². The molecule has 4 nitrogen and oxygen atoms in total. The second-order valence-electron chi connectivity index (χ2n) is 10.9. The van der Waals surface area contributed by atoms with Crippen molar-refractivity contribution in [3.63, 3.8) is 0 Å². The van der Waals surface area contributed by atoms with Gasteiger partial charge >= 0.3 is 0 Å². The van der Waals surface area contributed by atoms with Crippen molar-refractivity contribution in [1.82, 2.24) is 9.88 Å². The molecule has 0 bridgehead atoms. The van der Waals surface area contributed by atoms with Crippen molar-refractivity contribution < 1.29 is 0 Å². The molecule has 0 saturated heterocycles. The molecular formula is C33H54N4. The highest BCUT2D eigenvalue weighted by atomic mass is 15.1. The molecule has 1 aromatic heterocycles. The van der Waals surface area contributed by atoms with Crippen molar-refractivity contribution in [3.8, 4) is 0 Å². The van der Waals surface area contributed by atoms with E-state index < -0.39 is 0 Å². The number of hydrogen-bond donors (Lipinski definition) is 1. The Hall–Kier alpha value is -2.20. The average Bonchev–Trinajstić information content (AvgIpc) is 2.88. The fourth-order valence-corrected chi connectivity index (χ4v) is 5.05. The maximum absolute atomic E-state index is 5.01. The molecule has 0 radical (unpaired) electrons. The van der Waals surface area contributed by atoms with Crippen LogP contribution in [-0.2, 0) is 6.42 Å². The number of aryl methyl sites for hydroxylation is 1. The Kier molecular flexibility index (Phi) is 15.2. The highest BCUT2D eigenvalue weighted by molar-refractivity contribution is 5.88. The van der Waals surface area contributed by atoms with Gasteiger partial charge in [0.25, 0.3) is 0 Å². The third kappa shape index (κ3) is 11.8. The van der Waals surface area contributed by atoms with Crippen LogP contribution in [0.4, 0.5) is 11.5 Å². The third-order valence-electron chi connectivity index (χ3n) is 7.30. The summed E-state index contributed by atoms with van der Waals surface area (Å²) in [4.78, 5) is 12.5. The zero-order valence-electron chi connectivity index (χ0n) is 24.5. The molecule has 0 atom stereocenters. The minimum absolute atomic E-state index is 0.882. The fourth-order valence-electron chi connectivity index (χ4n) is 5.05. The summed E-state index contributed by atoms with van der Waals surface area (Å²) < 4.78 is 0. The number of allylic oxidation sites excluding steroid dienone is 3. The predicted octanol–water partition coefficient (Wildman–Crippen LogP) is 9.58. The molecular weight excluding hydrogens is 452 g/mol. The summed E-state index contributed by atoms with van der Waals surface area (Å²) in [5.74, 6) is 0.882. The summed E-state index contributed by atoms with van der Waals surface area (Å²) in [6.07, 6.45) is 24.6. The van der Waals surface area contributed by atoms with E-state index >= 15 is 0 Å². The van der Waals surface area contributed by atoms with Crippen molar-refractivity contribution >= 4 is 23.3 Å². The van der Waals surface area contributed by atoms with Gasteiger partial charge in [0.2, 0.25) is 0 Å². The molecule has 37 heavy (non-hydrogen) atoms. The smallest absolute Gasteiger partial charge is 0.156 e. The maximum Gasteiger partial charge on any atom is 0.156 e. The van der Waals surface area contributed by atoms with E-state index in [-0.39, 0.29) is 0 Å². The van der Waals surface area contributed by atoms with Crippen LogP contribution in [-0.4, -0.2) is 35.7 Å². The van der Waals surface area contributed by atoms with E-state index in [9.17, 15) is 0 Å². The van der Waals surface area contributed by atoms with Gasteiger partial charge in [0.15, 0.2) is 5.82 Å². The van der Waals surface area contributed by atoms with Gasteiger partial charge < -0.3 is 10.2 Å². The van der Waals surface area contributed by atoms with E-state index in [1.54, 1.807) is 0 Å². The number of fused-ring (bicyclic) bond motifs is 1. The zero-order chi connectivity index (χ0) is 26.9. The van der Waals surface area contributed by atoms with Gasteiger partial charge in [0, 0.05) is 17.0 Å². The van der Waals surface area contributed by atoms with Crippen molar-refractivity contribution in [2.24, 2.45) is 4.99 Å². The van der Waals surface area contributed by atoms with Crippen LogP contribution in [0.2, 0.25) is 0 Å². The van der Waals surface area contributed by atoms with Gasteiger partial charge in [-0.1, -0.05) is 70.3 Å². The normalized spacial score (nSPS) is 13.2. The lowest BCUT2D eigenvalue weighted by atomic mass is 9.97. The molecule has 0 amide bonds. The largest absolute Gasteiger partial charge is 0.343 e. The zero-order valence-corrected chi connectivity index (χ0v) is 24.5. The quantitative estimate of drug-likeness (QED) is 0.109. The van der Waals surface area contributed by atoms with Crippen LogP contribution < -0.4 is 5.32 Å². The van der Waals surface area contributed by atoms with Gasteiger partial charge in [-0.25, -0.2) is 4.98 Å². The maximum atomic E-state index is 5.01. The van der Waals surface area contributed by atoms with Crippen molar-refractivity contribution in [2.45, 2.75) is 117 Å². The van der Waals surface area contributed by atoms with E-state index in [0.29, 0.717) is 0 Å². The number of hydrogen-bond acceptors (Lipinski definition) is 4. The van der Waals surface area contributed by atoms with E-state index in [0.717, 1.165) is 61.4 Å². The Bertz CT molecular complexity index is 896. The van der Waals surface area contributed by atoms with Crippen LogP contribution >= 0.6 is 0 Å². The lowest BCUT2D eigenvalue weighted by molar-refractivity contribution is 0.315. The molecule has 1 aromatic rings. The van der Waals surface area contributed by atoms with Crippen LogP contribution in [0.1, 0.15) is 121 Å².